The van der Waals surface area contributed by atoms with Gasteiger partial charge in [-0.3, -0.25) is 4.79 Å². The molecule has 0 aliphatic rings. The lowest BCUT2D eigenvalue weighted by atomic mass is 9.84. The predicted octanol–water partition coefficient (Wildman–Crippen LogP) is 4.88. The van der Waals surface area contributed by atoms with E-state index in [2.05, 4.69) is 67.9 Å². The van der Waals surface area contributed by atoms with Gasteiger partial charge in [0.1, 0.15) is 5.82 Å². The smallest absolute Gasteiger partial charge is 0.220 e. The number of benzene rings is 2. The summed E-state index contributed by atoms with van der Waals surface area (Å²) in [6.07, 6.45) is 2.87. The summed E-state index contributed by atoms with van der Waals surface area (Å²) in [5, 5.41) is 0. The van der Waals surface area contributed by atoms with Crippen LogP contribution in [0.4, 0.5) is 0 Å². The van der Waals surface area contributed by atoms with Gasteiger partial charge in [0.2, 0.25) is 5.91 Å². The predicted molar refractivity (Wildman–Crippen MR) is 126 cm³/mol. The Labute approximate surface area is 185 Å². The molecule has 5 nitrogen and oxygen atoms in total. The zero-order valence-corrected chi connectivity index (χ0v) is 19.1. The van der Waals surface area contributed by atoms with Crippen LogP contribution >= 0.6 is 0 Å². The number of aromatic nitrogens is 2. The fourth-order valence-electron chi connectivity index (χ4n) is 4.03. The van der Waals surface area contributed by atoms with Crippen molar-refractivity contribution >= 4 is 5.91 Å². The standard InChI is InChI=1S/C26H34N4O/c1-20(31)30(17-11-16-27)24(26(2,3)4)25-28-23(22-14-9-6-10-15-22)19-29(25)18-21-12-7-5-8-13-21/h5-10,12-15,19,24H,11,16-18,27H2,1-4H3/t24-/m0/s1. The van der Waals surface area contributed by atoms with E-state index >= 15 is 0 Å². The number of carbonyl (C=O) groups is 1. The second kappa shape index (κ2) is 9.92. The highest BCUT2D eigenvalue weighted by Gasteiger charge is 2.37. The van der Waals surface area contributed by atoms with Crippen LogP contribution in [0.3, 0.4) is 0 Å². The van der Waals surface area contributed by atoms with Gasteiger partial charge in [-0.1, -0.05) is 81.4 Å². The molecular weight excluding hydrogens is 384 g/mol. The summed E-state index contributed by atoms with van der Waals surface area (Å²) in [5.74, 6) is 0.950. The topological polar surface area (TPSA) is 64.2 Å². The van der Waals surface area contributed by atoms with E-state index in [1.807, 2.05) is 29.2 Å². The summed E-state index contributed by atoms with van der Waals surface area (Å²) in [5.41, 5.74) is 8.77. The first-order chi connectivity index (χ1) is 14.8. The largest absolute Gasteiger partial charge is 0.332 e. The Morgan fingerprint density at radius 3 is 2.23 bits per heavy atom. The molecule has 1 aromatic heterocycles. The summed E-state index contributed by atoms with van der Waals surface area (Å²) in [4.78, 5) is 19.7. The molecule has 1 amide bonds. The number of hydrogen-bond donors (Lipinski definition) is 1. The number of nitrogens with zero attached hydrogens (tertiary/aromatic N) is 3. The van der Waals surface area contributed by atoms with Gasteiger partial charge >= 0.3 is 0 Å². The van der Waals surface area contributed by atoms with Crippen molar-refractivity contribution in [1.29, 1.82) is 0 Å². The fourth-order valence-corrected chi connectivity index (χ4v) is 4.03. The average molecular weight is 419 g/mol. The summed E-state index contributed by atoms with van der Waals surface area (Å²) in [6, 6.07) is 20.4. The summed E-state index contributed by atoms with van der Waals surface area (Å²) in [6.45, 7) is 10.0. The van der Waals surface area contributed by atoms with E-state index in [-0.39, 0.29) is 17.4 Å². The molecule has 5 heteroatoms. The van der Waals surface area contributed by atoms with Gasteiger partial charge in [-0.05, 0) is 23.9 Å². The summed E-state index contributed by atoms with van der Waals surface area (Å²) >= 11 is 0. The van der Waals surface area contributed by atoms with Gasteiger partial charge in [0.15, 0.2) is 0 Å². The van der Waals surface area contributed by atoms with E-state index in [1.165, 1.54) is 5.56 Å². The Balaban J connectivity index is 2.13. The normalized spacial score (nSPS) is 12.5. The maximum Gasteiger partial charge on any atom is 0.220 e. The van der Waals surface area contributed by atoms with Crippen LogP contribution in [-0.2, 0) is 11.3 Å². The molecule has 1 atom stereocenters. The third kappa shape index (κ3) is 5.61. The number of amides is 1. The molecule has 0 aliphatic heterocycles. The molecule has 0 bridgehead atoms. The first-order valence-electron chi connectivity index (χ1n) is 10.9. The van der Waals surface area contributed by atoms with Crippen molar-refractivity contribution in [3.63, 3.8) is 0 Å². The van der Waals surface area contributed by atoms with Gasteiger partial charge in [0.05, 0.1) is 11.7 Å². The highest BCUT2D eigenvalue weighted by Crippen LogP contribution is 2.39. The van der Waals surface area contributed by atoms with E-state index in [0.29, 0.717) is 19.6 Å². The Morgan fingerprint density at radius 2 is 1.68 bits per heavy atom. The fraction of sp³-hybridized carbons (Fsp3) is 0.385. The number of nitrogens with two attached hydrogens (primary N) is 1. The second-order valence-electron chi connectivity index (χ2n) is 9.09. The summed E-state index contributed by atoms with van der Waals surface area (Å²) in [7, 11) is 0. The highest BCUT2D eigenvalue weighted by molar-refractivity contribution is 5.74. The molecular formula is C26H34N4O. The van der Waals surface area contributed by atoms with Gasteiger partial charge < -0.3 is 15.2 Å². The molecule has 0 saturated heterocycles. The number of hydrogen-bond acceptors (Lipinski definition) is 3. The third-order valence-corrected chi connectivity index (χ3v) is 5.46. The third-order valence-electron chi connectivity index (χ3n) is 5.46. The van der Waals surface area contributed by atoms with Crippen LogP contribution in [0.2, 0.25) is 0 Å². The first-order valence-corrected chi connectivity index (χ1v) is 10.9. The molecule has 0 unspecified atom stereocenters. The van der Waals surface area contributed by atoms with E-state index in [4.69, 9.17) is 10.7 Å². The van der Waals surface area contributed by atoms with Crippen molar-refractivity contribution < 1.29 is 4.79 Å². The zero-order chi connectivity index (χ0) is 22.4. The van der Waals surface area contributed by atoms with Crippen molar-refractivity contribution in [2.24, 2.45) is 11.1 Å². The Hall–Kier alpha value is -2.92. The minimum atomic E-state index is -0.200. The van der Waals surface area contributed by atoms with Gasteiger partial charge in [-0.2, -0.15) is 0 Å². The minimum Gasteiger partial charge on any atom is -0.332 e. The maximum absolute atomic E-state index is 12.7. The second-order valence-corrected chi connectivity index (χ2v) is 9.09. The van der Waals surface area contributed by atoms with Crippen LogP contribution < -0.4 is 5.73 Å². The molecule has 0 radical (unpaired) electrons. The Kier molecular flexibility index (Phi) is 7.29. The van der Waals surface area contributed by atoms with E-state index in [1.54, 1.807) is 6.92 Å². The number of rotatable bonds is 8. The molecule has 2 aromatic carbocycles. The molecule has 3 rings (SSSR count). The van der Waals surface area contributed by atoms with E-state index in [0.717, 1.165) is 23.5 Å². The molecule has 31 heavy (non-hydrogen) atoms. The lowest BCUT2D eigenvalue weighted by Gasteiger charge is -2.39. The molecule has 0 saturated carbocycles. The average Bonchev–Trinajstić information content (AvgIpc) is 3.14. The molecule has 2 N–H and O–H groups in total. The molecule has 0 aliphatic carbocycles. The van der Waals surface area contributed by atoms with E-state index < -0.39 is 0 Å². The molecule has 1 heterocycles. The van der Waals surface area contributed by atoms with Crippen LogP contribution in [0.15, 0.2) is 66.9 Å². The van der Waals surface area contributed by atoms with Crippen molar-refractivity contribution in [3.05, 3.63) is 78.2 Å². The van der Waals surface area contributed by atoms with Crippen LogP contribution in [0, 0.1) is 5.41 Å². The van der Waals surface area contributed by atoms with Crippen molar-refractivity contribution in [2.75, 3.05) is 13.1 Å². The van der Waals surface area contributed by atoms with Crippen LogP contribution in [0.5, 0.6) is 0 Å². The SMILES string of the molecule is CC(=O)N(CCCN)[C@@H](c1nc(-c2ccccc2)cn1Cc1ccccc1)C(C)(C)C. The zero-order valence-electron chi connectivity index (χ0n) is 19.1. The van der Waals surface area contributed by atoms with Gasteiger partial charge in [0.25, 0.3) is 0 Å². The number of carbonyl (C=O) groups excluding carboxylic acids is 1. The summed E-state index contributed by atoms with van der Waals surface area (Å²) < 4.78 is 2.20. The molecule has 0 spiro atoms. The van der Waals surface area contributed by atoms with E-state index in [9.17, 15) is 4.79 Å². The molecule has 3 aromatic rings. The number of imidazole rings is 1. The van der Waals surface area contributed by atoms with Crippen LogP contribution in [0.1, 0.15) is 51.5 Å². The molecule has 164 valence electrons. The maximum atomic E-state index is 12.7. The lowest BCUT2D eigenvalue weighted by Crippen LogP contribution is -2.42. The quantitative estimate of drug-likeness (QED) is 0.567. The monoisotopic (exact) mass is 418 g/mol. The Bertz CT molecular complexity index is 974. The van der Waals surface area contributed by atoms with Crippen molar-refractivity contribution in [2.45, 2.75) is 46.7 Å². The van der Waals surface area contributed by atoms with Crippen molar-refractivity contribution in [3.8, 4) is 11.3 Å². The van der Waals surface area contributed by atoms with Gasteiger partial charge in [-0.15, -0.1) is 0 Å². The Morgan fingerprint density at radius 1 is 1.06 bits per heavy atom. The lowest BCUT2D eigenvalue weighted by molar-refractivity contribution is -0.134. The van der Waals surface area contributed by atoms with Crippen molar-refractivity contribution in [1.82, 2.24) is 14.5 Å². The van der Waals surface area contributed by atoms with Gasteiger partial charge in [0, 0.05) is 31.8 Å². The van der Waals surface area contributed by atoms with Crippen LogP contribution in [-0.4, -0.2) is 33.4 Å². The van der Waals surface area contributed by atoms with Crippen LogP contribution in [0.25, 0.3) is 11.3 Å². The van der Waals surface area contributed by atoms with Gasteiger partial charge in [-0.25, -0.2) is 4.98 Å². The molecule has 0 fully saturated rings. The highest BCUT2D eigenvalue weighted by atomic mass is 16.2. The minimum absolute atomic E-state index is 0.0453. The first kappa shape index (κ1) is 22.8.